The van der Waals surface area contributed by atoms with Crippen molar-refractivity contribution in [3.8, 4) is 5.75 Å². The van der Waals surface area contributed by atoms with E-state index in [4.69, 9.17) is 51.8 Å². The van der Waals surface area contributed by atoms with Crippen molar-refractivity contribution in [2.75, 3.05) is 16.8 Å². The molecule has 0 unspecified atom stereocenters. The van der Waals surface area contributed by atoms with Crippen LogP contribution in [0.5, 0.6) is 5.75 Å². The van der Waals surface area contributed by atoms with Gasteiger partial charge in [0.25, 0.3) is 11.8 Å². The quantitative estimate of drug-likeness (QED) is 0.263. The Bertz CT molecular complexity index is 1310. The fraction of sp³-hybridized carbons (Fsp3) is 0.0417. The molecule has 0 aromatic heterocycles. The number of benzene rings is 3. The smallest absolute Gasteiger partial charge is 0.270 e. The van der Waals surface area contributed by atoms with Crippen LogP contribution in [0.1, 0.15) is 5.56 Å². The standard InChI is InChI=1S/C24H15Cl3N2O3S2/c25-15-4-7-17(8-5-15)29-23(31)21(34-24(29)33)11-14-2-1-3-18(10-14)32-13-22(30)28-16-6-9-19(26)20(27)12-16/h1-12H,13H2,(H,28,30)/b21-11-. The molecule has 0 saturated carbocycles. The number of nitrogens with one attached hydrogen (secondary N) is 1. The minimum atomic E-state index is -0.354. The molecule has 2 amide bonds. The molecule has 0 radical (unpaired) electrons. The number of halogens is 3. The van der Waals surface area contributed by atoms with E-state index < -0.39 is 0 Å². The van der Waals surface area contributed by atoms with E-state index in [1.54, 1.807) is 66.7 Å². The number of anilines is 2. The molecule has 3 aromatic carbocycles. The van der Waals surface area contributed by atoms with Gasteiger partial charge < -0.3 is 10.1 Å². The Balaban J connectivity index is 1.41. The summed E-state index contributed by atoms with van der Waals surface area (Å²) in [7, 11) is 0. The zero-order valence-corrected chi connectivity index (χ0v) is 21.2. The molecule has 0 atom stereocenters. The summed E-state index contributed by atoms with van der Waals surface area (Å²) in [6, 6.07) is 18.8. The highest BCUT2D eigenvalue weighted by atomic mass is 35.5. The minimum Gasteiger partial charge on any atom is -0.484 e. The van der Waals surface area contributed by atoms with Gasteiger partial charge in [0.1, 0.15) is 5.75 Å². The van der Waals surface area contributed by atoms with Crippen molar-refractivity contribution in [3.63, 3.8) is 0 Å². The largest absolute Gasteiger partial charge is 0.484 e. The maximum Gasteiger partial charge on any atom is 0.270 e. The number of rotatable bonds is 6. The summed E-state index contributed by atoms with van der Waals surface area (Å²) in [5.41, 5.74) is 1.90. The molecule has 1 N–H and O–H groups in total. The SMILES string of the molecule is O=C(COc1cccc(/C=C2\SC(=S)N(c3ccc(Cl)cc3)C2=O)c1)Nc1ccc(Cl)c(Cl)c1. The highest BCUT2D eigenvalue weighted by molar-refractivity contribution is 8.27. The van der Waals surface area contributed by atoms with Crippen LogP contribution in [-0.2, 0) is 9.59 Å². The molecule has 1 aliphatic heterocycles. The number of carbonyl (C=O) groups excluding carboxylic acids is 2. The second-order valence-electron chi connectivity index (χ2n) is 7.03. The average Bonchev–Trinajstić information content (AvgIpc) is 3.08. The van der Waals surface area contributed by atoms with Gasteiger partial charge >= 0.3 is 0 Å². The third kappa shape index (κ3) is 5.92. The van der Waals surface area contributed by atoms with E-state index in [1.165, 1.54) is 16.7 Å². The van der Waals surface area contributed by atoms with Crippen molar-refractivity contribution < 1.29 is 14.3 Å². The molecular formula is C24H15Cl3N2O3S2. The lowest BCUT2D eigenvalue weighted by molar-refractivity contribution is -0.118. The number of ether oxygens (including phenoxy) is 1. The first-order valence-corrected chi connectivity index (χ1v) is 12.2. The molecule has 1 saturated heterocycles. The molecule has 5 nitrogen and oxygen atoms in total. The van der Waals surface area contributed by atoms with Gasteiger partial charge in [-0.25, -0.2) is 0 Å². The van der Waals surface area contributed by atoms with Crippen molar-refractivity contribution in [3.05, 3.63) is 92.3 Å². The lowest BCUT2D eigenvalue weighted by Gasteiger charge is -2.14. The van der Waals surface area contributed by atoms with Crippen LogP contribution < -0.4 is 15.0 Å². The van der Waals surface area contributed by atoms with Gasteiger partial charge in [0, 0.05) is 10.7 Å². The first kappa shape index (κ1) is 24.6. The van der Waals surface area contributed by atoms with Gasteiger partial charge in [-0.2, -0.15) is 0 Å². The Hall–Kier alpha value is -2.55. The van der Waals surface area contributed by atoms with Crippen LogP contribution in [0.2, 0.25) is 15.1 Å². The molecule has 1 fully saturated rings. The van der Waals surface area contributed by atoms with Gasteiger partial charge in [-0.05, 0) is 66.2 Å². The summed E-state index contributed by atoms with van der Waals surface area (Å²) in [5, 5.41) is 4.01. The predicted molar refractivity (Wildman–Crippen MR) is 144 cm³/mol. The van der Waals surface area contributed by atoms with Crippen LogP contribution in [0.25, 0.3) is 6.08 Å². The maximum atomic E-state index is 12.9. The second-order valence-corrected chi connectivity index (χ2v) is 9.96. The summed E-state index contributed by atoms with van der Waals surface area (Å²) in [5.74, 6) is -0.0940. The third-order valence-electron chi connectivity index (χ3n) is 4.61. The molecule has 0 aliphatic carbocycles. The van der Waals surface area contributed by atoms with Crippen molar-refractivity contribution in [1.29, 1.82) is 0 Å². The van der Waals surface area contributed by atoms with Crippen LogP contribution in [0.15, 0.2) is 71.6 Å². The summed E-state index contributed by atoms with van der Waals surface area (Å²) >= 11 is 24.4. The molecule has 1 aliphatic rings. The zero-order valence-electron chi connectivity index (χ0n) is 17.3. The normalized spacial score (nSPS) is 14.6. The Labute approximate surface area is 220 Å². The Morgan fingerprint density at radius 2 is 1.79 bits per heavy atom. The molecule has 10 heteroatoms. The fourth-order valence-electron chi connectivity index (χ4n) is 3.05. The lowest BCUT2D eigenvalue weighted by atomic mass is 10.2. The van der Waals surface area contributed by atoms with Crippen LogP contribution >= 0.6 is 58.8 Å². The predicted octanol–water partition coefficient (Wildman–Crippen LogP) is 7.07. The Kier molecular flexibility index (Phi) is 7.80. The first-order valence-electron chi connectivity index (χ1n) is 9.81. The second kappa shape index (κ2) is 10.8. The van der Waals surface area contributed by atoms with Gasteiger partial charge in [0.15, 0.2) is 10.9 Å². The maximum absolute atomic E-state index is 12.9. The van der Waals surface area contributed by atoms with Crippen LogP contribution in [0, 0.1) is 0 Å². The van der Waals surface area contributed by atoms with Crippen LogP contribution in [0.4, 0.5) is 11.4 Å². The molecule has 34 heavy (non-hydrogen) atoms. The van der Waals surface area contributed by atoms with E-state index in [2.05, 4.69) is 5.32 Å². The van der Waals surface area contributed by atoms with E-state index in [0.717, 1.165) is 5.56 Å². The van der Waals surface area contributed by atoms with Crippen molar-refractivity contribution >= 4 is 92.4 Å². The van der Waals surface area contributed by atoms with E-state index in [1.807, 2.05) is 6.07 Å². The Morgan fingerprint density at radius 3 is 2.53 bits per heavy atom. The average molecular weight is 550 g/mol. The molecule has 0 bridgehead atoms. The Morgan fingerprint density at radius 1 is 1.03 bits per heavy atom. The number of hydrogen-bond acceptors (Lipinski definition) is 5. The topological polar surface area (TPSA) is 58.6 Å². The fourth-order valence-corrected chi connectivity index (χ4v) is 4.77. The van der Waals surface area contributed by atoms with Crippen LogP contribution in [0.3, 0.4) is 0 Å². The summed E-state index contributed by atoms with van der Waals surface area (Å²) in [4.78, 5) is 27.1. The molecule has 0 spiro atoms. The third-order valence-corrected chi connectivity index (χ3v) is 6.90. The number of amides is 2. The van der Waals surface area contributed by atoms with E-state index in [0.29, 0.717) is 41.4 Å². The van der Waals surface area contributed by atoms with Crippen molar-refractivity contribution in [1.82, 2.24) is 0 Å². The number of carbonyl (C=O) groups is 2. The number of thiocarbonyl (C=S) groups is 1. The van der Waals surface area contributed by atoms with Gasteiger partial charge in [-0.3, -0.25) is 14.5 Å². The van der Waals surface area contributed by atoms with E-state index in [9.17, 15) is 9.59 Å². The van der Waals surface area contributed by atoms with Crippen molar-refractivity contribution in [2.24, 2.45) is 0 Å². The highest BCUT2D eigenvalue weighted by Gasteiger charge is 2.33. The number of hydrogen-bond donors (Lipinski definition) is 1. The summed E-state index contributed by atoms with van der Waals surface area (Å²) < 4.78 is 6.04. The van der Waals surface area contributed by atoms with E-state index in [-0.39, 0.29) is 18.4 Å². The minimum absolute atomic E-state index is 0.206. The van der Waals surface area contributed by atoms with Gasteiger partial charge in [-0.1, -0.05) is 70.9 Å². The van der Waals surface area contributed by atoms with Gasteiger partial charge in [0.05, 0.1) is 20.6 Å². The lowest BCUT2D eigenvalue weighted by Crippen LogP contribution is -2.27. The first-order chi connectivity index (χ1) is 16.3. The van der Waals surface area contributed by atoms with Crippen LogP contribution in [-0.4, -0.2) is 22.7 Å². The zero-order chi connectivity index (χ0) is 24.2. The van der Waals surface area contributed by atoms with Gasteiger partial charge in [-0.15, -0.1) is 0 Å². The molecule has 172 valence electrons. The molecule has 1 heterocycles. The number of thioether (sulfide) groups is 1. The number of nitrogens with zero attached hydrogens (tertiary/aromatic N) is 1. The summed E-state index contributed by atoms with van der Waals surface area (Å²) in [6.45, 7) is -0.206. The molecule has 4 rings (SSSR count). The molecule has 3 aromatic rings. The van der Waals surface area contributed by atoms with Crippen molar-refractivity contribution in [2.45, 2.75) is 0 Å². The summed E-state index contributed by atoms with van der Waals surface area (Å²) in [6.07, 6.45) is 1.73. The van der Waals surface area contributed by atoms with E-state index >= 15 is 0 Å². The highest BCUT2D eigenvalue weighted by Crippen LogP contribution is 2.36. The van der Waals surface area contributed by atoms with Gasteiger partial charge in [0.2, 0.25) is 0 Å². The molecular weight excluding hydrogens is 535 g/mol. The monoisotopic (exact) mass is 548 g/mol.